The first-order chi connectivity index (χ1) is 6.88. The molecule has 0 saturated heterocycles. The molecule has 0 aromatic carbocycles. The molecule has 1 aromatic rings. The molecule has 0 unspecified atom stereocenters. The Morgan fingerprint density at radius 2 is 2.36 bits per heavy atom. The predicted octanol–water partition coefficient (Wildman–Crippen LogP) is 1.17. The molecule has 4 heteroatoms. The Balaban J connectivity index is 1.76. The average molecular weight is 195 g/mol. The van der Waals surface area contributed by atoms with Crippen molar-refractivity contribution >= 4 is 0 Å². The number of rotatable bonds is 6. The molecule has 0 aliphatic heterocycles. The zero-order valence-electron chi connectivity index (χ0n) is 8.62. The first kappa shape index (κ1) is 9.65. The van der Waals surface area contributed by atoms with Crippen LogP contribution in [-0.4, -0.2) is 23.2 Å². The van der Waals surface area contributed by atoms with E-state index in [1.165, 1.54) is 12.8 Å². The normalized spacial score (nSPS) is 16.1. The molecular weight excluding hydrogens is 178 g/mol. The van der Waals surface area contributed by atoms with Crippen LogP contribution >= 0.6 is 0 Å². The van der Waals surface area contributed by atoms with Crippen LogP contribution in [-0.2, 0) is 12.8 Å². The Morgan fingerprint density at radius 3 is 3.07 bits per heavy atom. The number of nitrogens with one attached hydrogen (secondary N) is 1. The maximum atomic E-state index is 5.14. The summed E-state index contributed by atoms with van der Waals surface area (Å²) in [4.78, 5) is 4.34. The summed E-state index contributed by atoms with van der Waals surface area (Å²) in [5.41, 5.74) is 0. The highest BCUT2D eigenvalue weighted by Gasteiger charge is 2.23. The van der Waals surface area contributed by atoms with Crippen molar-refractivity contribution in [2.75, 3.05) is 13.1 Å². The molecule has 1 fully saturated rings. The summed E-state index contributed by atoms with van der Waals surface area (Å²) in [7, 11) is 0. The van der Waals surface area contributed by atoms with Gasteiger partial charge in [0.25, 0.3) is 0 Å². The average Bonchev–Trinajstić information content (AvgIpc) is 2.87. The van der Waals surface area contributed by atoms with Crippen molar-refractivity contribution in [3.63, 3.8) is 0 Å². The molecule has 1 saturated carbocycles. The van der Waals surface area contributed by atoms with Gasteiger partial charge in [-0.25, -0.2) is 0 Å². The molecule has 0 bridgehead atoms. The van der Waals surface area contributed by atoms with Crippen LogP contribution in [0.25, 0.3) is 0 Å². The van der Waals surface area contributed by atoms with Crippen LogP contribution in [0.5, 0.6) is 0 Å². The van der Waals surface area contributed by atoms with E-state index in [1.54, 1.807) is 0 Å². The summed E-state index contributed by atoms with van der Waals surface area (Å²) in [5, 5.41) is 7.19. The first-order valence-electron chi connectivity index (χ1n) is 5.40. The second-order valence-corrected chi connectivity index (χ2v) is 3.86. The molecule has 1 aliphatic rings. The van der Waals surface area contributed by atoms with Gasteiger partial charge in [0.05, 0.1) is 0 Å². The van der Waals surface area contributed by atoms with Gasteiger partial charge >= 0.3 is 0 Å². The lowest BCUT2D eigenvalue weighted by Gasteiger charge is -1.95. The molecule has 1 aliphatic carbocycles. The van der Waals surface area contributed by atoms with Crippen LogP contribution < -0.4 is 5.32 Å². The quantitative estimate of drug-likeness (QED) is 0.692. The molecule has 0 spiro atoms. The Kier molecular flexibility index (Phi) is 3.14. The highest BCUT2D eigenvalue weighted by atomic mass is 16.5. The van der Waals surface area contributed by atoms with Crippen LogP contribution in [0.2, 0.25) is 0 Å². The van der Waals surface area contributed by atoms with E-state index in [0.29, 0.717) is 0 Å². The smallest absolute Gasteiger partial charge is 0.227 e. The zero-order chi connectivity index (χ0) is 9.80. The summed E-state index contributed by atoms with van der Waals surface area (Å²) in [6.45, 7) is 4.00. The maximum Gasteiger partial charge on any atom is 0.227 e. The number of aromatic nitrogens is 2. The Morgan fingerprint density at radius 1 is 1.50 bits per heavy atom. The molecular formula is C10H17N3O. The van der Waals surface area contributed by atoms with Crippen molar-refractivity contribution in [2.24, 2.45) is 5.92 Å². The molecule has 14 heavy (non-hydrogen) atoms. The van der Waals surface area contributed by atoms with Gasteiger partial charge in [-0.3, -0.25) is 0 Å². The second kappa shape index (κ2) is 4.55. The summed E-state index contributed by atoms with van der Waals surface area (Å²) >= 11 is 0. The van der Waals surface area contributed by atoms with Gasteiger partial charge in [0, 0.05) is 19.4 Å². The largest absolute Gasteiger partial charge is 0.339 e. The van der Waals surface area contributed by atoms with E-state index < -0.39 is 0 Å². The van der Waals surface area contributed by atoms with Crippen molar-refractivity contribution in [1.82, 2.24) is 15.5 Å². The van der Waals surface area contributed by atoms with Crippen molar-refractivity contribution in [1.29, 1.82) is 0 Å². The van der Waals surface area contributed by atoms with E-state index in [-0.39, 0.29) is 0 Å². The highest BCUT2D eigenvalue weighted by Crippen LogP contribution is 2.31. The summed E-state index contributed by atoms with van der Waals surface area (Å²) < 4.78 is 5.14. The molecule has 0 atom stereocenters. The van der Waals surface area contributed by atoms with Gasteiger partial charge in [-0.1, -0.05) is 12.1 Å². The lowest BCUT2D eigenvalue weighted by molar-refractivity contribution is 0.370. The Hall–Kier alpha value is -0.900. The van der Waals surface area contributed by atoms with Gasteiger partial charge in [0.2, 0.25) is 5.89 Å². The molecule has 0 amide bonds. The minimum Gasteiger partial charge on any atom is -0.339 e. The highest BCUT2D eigenvalue weighted by molar-refractivity contribution is 4.92. The lowest BCUT2D eigenvalue weighted by atomic mass is 10.3. The SMILES string of the molecule is CCNCCc1nc(CC2CC2)no1. The standard InChI is InChI=1S/C10H17N3O/c1-2-11-6-5-10-12-9(13-14-10)7-8-3-4-8/h8,11H,2-7H2,1H3. The van der Waals surface area contributed by atoms with E-state index in [2.05, 4.69) is 22.4 Å². The van der Waals surface area contributed by atoms with Gasteiger partial charge < -0.3 is 9.84 Å². The topological polar surface area (TPSA) is 51.0 Å². The molecule has 0 radical (unpaired) electrons. The summed E-state index contributed by atoms with van der Waals surface area (Å²) in [6.07, 6.45) is 4.51. The molecule has 1 aromatic heterocycles. The van der Waals surface area contributed by atoms with Crippen molar-refractivity contribution in [3.05, 3.63) is 11.7 Å². The van der Waals surface area contributed by atoms with Gasteiger partial charge in [-0.05, 0) is 25.3 Å². The van der Waals surface area contributed by atoms with Crippen molar-refractivity contribution in [2.45, 2.75) is 32.6 Å². The monoisotopic (exact) mass is 195 g/mol. The number of likely N-dealkylation sites (N-methyl/N-ethyl adjacent to an activating group) is 1. The van der Waals surface area contributed by atoms with E-state index in [4.69, 9.17) is 4.52 Å². The van der Waals surface area contributed by atoms with Gasteiger partial charge in [-0.15, -0.1) is 0 Å². The van der Waals surface area contributed by atoms with Crippen molar-refractivity contribution < 1.29 is 4.52 Å². The zero-order valence-corrected chi connectivity index (χ0v) is 8.62. The summed E-state index contributed by atoms with van der Waals surface area (Å²) in [5.74, 6) is 2.48. The minimum atomic E-state index is 0.765. The first-order valence-corrected chi connectivity index (χ1v) is 5.40. The Bertz CT molecular complexity index is 281. The van der Waals surface area contributed by atoms with E-state index in [9.17, 15) is 0 Å². The predicted molar refractivity (Wildman–Crippen MR) is 53.0 cm³/mol. The van der Waals surface area contributed by atoms with Gasteiger partial charge in [0.1, 0.15) is 0 Å². The van der Waals surface area contributed by atoms with Crippen molar-refractivity contribution in [3.8, 4) is 0 Å². The third kappa shape index (κ3) is 2.80. The number of nitrogens with zero attached hydrogens (tertiary/aromatic N) is 2. The minimum absolute atomic E-state index is 0.765. The second-order valence-electron chi connectivity index (χ2n) is 3.86. The molecule has 1 heterocycles. The van der Waals surface area contributed by atoms with Gasteiger partial charge in [0.15, 0.2) is 5.82 Å². The number of hydrogen-bond acceptors (Lipinski definition) is 4. The van der Waals surface area contributed by atoms with E-state index in [0.717, 1.165) is 43.6 Å². The molecule has 78 valence electrons. The fourth-order valence-corrected chi connectivity index (χ4v) is 1.43. The molecule has 4 nitrogen and oxygen atoms in total. The lowest BCUT2D eigenvalue weighted by Crippen LogP contribution is -2.16. The van der Waals surface area contributed by atoms with Crippen LogP contribution in [0.15, 0.2) is 4.52 Å². The third-order valence-electron chi connectivity index (χ3n) is 2.44. The van der Waals surface area contributed by atoms with E-state index >= 15 is 0 Å². The van der Waals surface area contributed by atoms with Crippen LogP contribution in [0.3, 0.4) is 0 Å². The maximum absolute atomic E-state index is 5.14. The molecule has 1 N–H and O–H groups in total. The third-order valence-corrected chi connectivity index (χ3v) is 2.44. The molecule has 2 rings (SSSR count). The fraction of sp³-hybridized carbons (Fsp3) is 0.800. The Labute approximate surface area is 84.1 Å². The summed E-state index contributed by atoms with van der Waals surface area (Å²) in [6, 6.07) is 0. The van der Waals surface area contributed by atoms with E-state index in [1.807, 2.05) is 0 Å². The van der Waals surface area contributed by atoms with Crippen LogP contribution in [0.4, 0.5) is 0 Å². The van der Waals surface area contributed by atoms with Gasteiger partial charge in [-0.2, -0.15) is 4.98 Å². The van der Waals surface area contributed by atoms with Crippen LogP contribution in [0, 0.1) is 5.92 Å². The number of hydrogen-bond donors (Lipinski definition) is 1. The van der Waals surface area contributed by atoms with Crippen LogP contribution in [0.1, 0.15) is 31.5 Å². The fourth-order valence-electron chi connectivity index (χ4n) is 1.43.